The number of hydrogen-bond donors (Lipinski definition) is 2. The molecule has 0 fully saturated rings. The summed E-state index contributed by atoms with van der Waals surface area (Å²) in [5.74, 6) is -1.25. The van der Waals surface area contributed by atoms with Crippen LogP contribution in [0.15, 0.2) is 18.2 Å². The molecule has 20 heavy (non-hydrogen) atoms. The van der Waals surface area contributed by atoms with Gasteiger partial charge in [0.15, 0.2) is 0 Å². The standard InChI is InChI=1S/C13H18FN3O3/c1-13(2,3)15-7-6-12(18)16-9-4-5-11(17(19)20)10(14)8-9/h4-5,8,15H,6-7H2,1-3H3,(H,16,18). The van der Waals surface area contributed by atoms with Crippen LogP contribution in [0.5, 0.6) is 0 Å². The Bertz CT molecular complexity index is 512. The summed E-state index contributed by atoms with van der Waals surface area (Å²) in [5.41, 5.74) is -0.494. The summed E-state index contributed by atoms with van der Waals surface area (Å²) in [6.45, 7) is 6.44. The molecule has 0 spiro atoms. The van der Waals surface area contributed by atoms with Crippen LogP contribution in [0.4, 0.5) is 15.8 Å². The molecule has 6 nitrogen and oxygen atoms in total. The monoisotopic (exact) mass is 283 g/mol. The number of hydrogen-bond acceptors (Lipinski definition) is 4. The molecule has 1 aromatic carbocycles. The van der Waals surface area contributed by atoms with Crippen molar-refractivity contribution in [3.63, 3.8) is 0 Å². The summed E-state index contributed by atoms with van der Waals surface area (Å²) in [6, 6.07) is 3.27. The van der Waals surface area contributed by atoms with E-state index in [4.69, 9.17) is 0 Å². The fourth-order valence-electron chi connectivity index (χ4n) is 1.51. The third-order valence-corrected chi connectivity index (χ3v) is 2.44. The molecule has 0 aliphatic heterocycles. The highest BCUT2D eigenvalue weighted by molar-refractivity contribution is 5.90. The maximum atomic E-state index is 13.4. The summed E-state index contributed by atoms with van der Waals surface area (Å²) < 4.78 is 13.4. The lowest BCUT2D eigenvalue weighted by molar-refractivity contribution is -0.387. The van der Waals surface area contributed by atoms with Crippen LogP contribution in [0.1, 0.15) is 27.2 Å². The van der Waals surface area contributed by atoms with E-state index in [9.17, 15) is 19.3 Å². The molecule has 0 bridgehead atoms. The van der Waals surface area contributed by atoms with Crippen LogP contribution in [-0.4, -0.2) is 22.9 Å². The SMILES string of the molecule is CC(C)(C)NCCC(=O)Nc1ccc([N+](=O)[O-])c(F)c1. The third-order valence-electron chi connectivity index (χ3n) is 2.44. The number of nitrogens with one attached hydrogen (secondary N) is 2. The van der Waals surface area contributed by atoms with Crippen LogP contribution in [0, 0.1) is 15.9 Å². The van der Waals surface area contributed by atoms with Gasteiger partial charge in [-0.15, -0.1) is 0 Å². The Hall–Kier alpha value is -2.02. The first-order chi connectivity index (χ1) is 9.19. The van der Waals surface area contributed by atoms with Gasteiger partial charge in [-0.05, 0) is 26.8 Å². The van der Waals surface area contributed by atoms with Gasteiger partial charge in [0.1, 0.15) is 0 Å². The van der Waals surface area contributed by atoms with Gasteiger partial charge in [-0.3, -0.25) is 14.9 Å². The fraction of sp³-hybridized carbons (Fsp3) is 0.462. The molecule has 1 rings (SSSR count). The van der Waals surface area contributed by atoms with E-state index in [-0.39, 0.29) is 23.6 Å². The van der Waals surface area contributed by atoms with E-state index in [0.717, 1.165) is 12.1 Å². The smallest absolute Gasteiger partial charge is 0.304 e. The van der Waals surface area contributed by atoms with Crippen LogP contribution in [0.2, 0.25) is 0 Å². The van der Waals surface area contributed by atoms with Gasteiger partial charge in [-0.2, -0.15) is 4.39 Å². The van der Waals surface area contributed by atoms with Gasteiger partial charge in [-0.25, -0.2) is 0 Å². The zero-order chi connectivity index (χ0) is 15.3. The Labute approximate surface area is 116 Å². The Morgan fingerprint density at radius 1 is 1.40 bits per heavy atom. The minimum Gasteiger partial charge on any atom is -0.326 e. The van der Waals surface area contributed by atoms with Crippen LogP contribution in [-0.2, 0) is 4.79 Å². The van der Waals surface area contributed by atoms with Crippen molar-refractivity contribution in [1.82, 2.24) is 5.32 Å². The summed E-state index contributed by atoms with van der Waals surface area (Å²) >= 11 is 0. The Morgan fingerprint density at radius 3 is 2.55 bits per heavy atom. The number of nitro benzene ring substituents is 1. The topological polar surface area (TPSA) is 84.3 Å². The molecule has 0 saturated heterocycles. The predicted molar refractivity (Wildman–Crippen MR) is 74.1 cm³/mol. The van der Waals surface area contributed by atoms with Gasteiger partial charge < -0.3 is 10.6 Å². The highest BCUT2D eigenvalue weighted by atomic mass is 19.1. The number of anilines is 1. The Kier molecular flexibility index (Phi) is 5.15. The second-order valence-corrected chi connectivity index (χ2v) is 5.40. The van der Waals surface area contributed by atoms with Crippen molar-refractivity contribution in [1.29, 1.82) is 0 Å². The van der Waals surface area contributed by atoms with Gasteiger partial charge >= 0.3 is 5.69 Å². The lowest BCUT2D eigenvalue weighted by Gasteiger charge is -2.20. The molecule has 0 unspecified atom stereocenters. The number of nitrogens with zero attached hydrogens (tertiary/aromatic N) is 1. The molecule has 0 atom stereocenters. The van der Waals surface area contributed by atoms with E-state index >= 15 is 0 Å². The maximum Gasteiger partial charge on any atom is 0.304 e. The molecule has 1 amide bonds. The summed E-state index contributed by atoms with van der Waals surface area (Å²) in [4.78, 5) is 21.3. The Morgan fingerprint density at radius 2 is 2.05 bits per heavy atom. The van der Waals surface area contributed by atoms with Gasteiger partial charge in [0.2, 0.25) is 11.7 Å². The van der Waals surface area contributed by atoms with Crippen molar-refractivity contribution in [2.24, 2.45) is 0 Å². The van der Waals surface area contributed by atoms with Crippen molar-refractivity contribution >= 4 is 17.3 Å². The quantitative estimate of drug-likeness (QED) is 0.642. The van der Waals surface area contributed by atoms with Crippen LogP contribution < -0.4 is 10.6 Å². The van der Waals surface area contributed by atoms with Gasteiger partial charge in [0.25, 0.3) is 0 Å². The minimum absolute atomic E-state index is 0.0836. The number of rotatable bonds is 5. The molecule has 110 valence electrons. The van der Waals surface area contributed by atoms with Crippen LogP contribution in [0.25, 0.3) is 0 Å². The highest BCUT2D eigenvalue weighted by Gasteiger charge is 2.15. The van der Waals surface area contributed by atoms with Crippen LogP contribution >= 0.6 is 0 Å². The lowest BCUT2D eigenvalue weighted by atomic mass is 10.1. The number of carbonyl (C=O) groups is 1. The molecule has 2 N–H and O–H groups in total. The molecule has 0 aromatic heterocycles. The van der Waals surface area contributed by atoms with E-state index in [0.29, 0.717) is 6.54 Å². The molecule has 0 radical (unpaired) electrons. The normalized spacial score (nSPS) is 11.2. The fourth-order valence-corrected chi connectivity index (χ4v) is 1.51. The molecule has 7 heteroatoms. The third kappa shape index (κ3) is 5.31. The van der Waals surface area contributed by atoms with Crippen molar-refractivity contribution in [3.05, 3.63) is 34.1 Å². The van der Waals surface area contributed by atoms with Crippen molar-refractivity contribution in [2.45, 2.75) is 32.7 Å². The molecule has 0 aliphatic rings. The molecule has 0 aliphatic carbocycles. The first-order valence-electron chi connectivity index (χ1n) is 6.18. The number of amides is 1. The average molecular weight is 283 g/mol. The van der Waals surface area contributed by atoms with E-state index in [1.807, 2.05) is 20.8 Å². The lowest BCUT2D eigenvalue weighted by Crippen LogP contribution is -2.37. The number of benzene rings is 1. The maximum absolute atomic E-state index is 13.4. The molecule has 0 heterocycles. The second kappa shape index (κ2) is 6.42. The zero-order valence-corrected chi connectivity index (χ0v) is 11.7. The van der Waals surface area contributed by atoms with Gasteiger partial charge in [-0.1, -0.05) is 0 Å². The van der Waals surface area contributed by atoms with Crippen molar-refractivity contribution in [3.8, 4) is 0 Å². The van der Waals surface area contributed by atoms with E-state index in [1.54, 1.807) is 0 Å². The second-order valence-electron chi connectivity index (χ2n) is 5.40. The molecule has 1 aromatic rings. The van der Waals surface area contributed by atoms with Crippen LogP contribution in [0.3, 0.4) is 0 Å². The summed E-state index contributed by atoms with van der Waals surface area (Å²) in [6.07, 6.45) is 0.232. The van der Waals surface area contributed by atoms with Crippen molar-refractivity contribution < 1.29 is 14.1 Å². The van der Waals surface area contributed by atoms with E-state index in [1.165, 1.54) is 6.07 Å². The average Bonchev–Trinajstić information content (AvgIpc) is 2.26. The molecule has 0 saturated carbocycles. The zero-order valence-electron chi connectivity index (χ0n) is 11.7. The number of nitro groups is 1. The number of carbonyl (C=O) groups excluding carboxylic acids is 1. The summed E-state index contributed by atoms with van der Waals surface area (Å²) in [5, 5.41) is 16.1. The van der Waals surface area contributed by atoms with Gasteiger partial charge in [0.05, 0.1) is 4.92 Å². The first-order valence-corrected chi connectivity index (χ1v) is 6.18. The number of halogens is 1. The molecular formula is C13H18FN3O3. The predicted octanol–water partition coefficient (Wildman–Crippen LogP) is 2.45. The van der Waals surface area contributed by atoms with Crippen molar-refractivity contribution in [2.75, 3.05) is 11.9 Å². The molecular weight excluding hydrogens is 265 g/mol. The summed E-state index contributed by atoms with van der Waals surface area (Å²) in [7, 11) is 0. The minimum atomic E-state index is -0.972. The highest BCUT2D eigenvalue weighted by Crippen LogP contribution is 2.20. The first kappa shape index (κ1) is 16.0. The van der Waals surface area contributed by atoms with Gasteiger partial charge in [0, 0.05) is 36.3 Å². The Balaban J connectivity index is 2.54. The largest absolute Gasteiger partial charge is 0.326 e. The van der Waals surface area contributed by atoms with E-state index < -0.39 is 16.4 Å². The van der Waals surface area contributed by atoms with E-state index in [2.05, 4.69) is 10.6 Å².